The highest BCUT2D eigenvalue weighted by Gasteiger charge is 2.25. The van der Waals surface area contributed by atoms with Gasteiger partial charge in [-0.05, 0) is 32.9 Å². The monoisotopic (exact) mass is 247 g/mol. The van der Waals surface area contributed by atoms with Gasteiger partial charge in [-0.25, -0.2) is 4.68 Å². The molecule has 0 aliphatic carbocycles. The van der Waals surface area contributed by atoms with Crippen LogP contribution in [-0.4, -0.2) is 20.6 Å². The molecule has 0 aliphatic heterocycles. The first-order chi connectivity index (χ1) is 8.38. The van der Waals surface area contributed by atoms with Crippen molar-refractivity contribution >= 4 is 11.0 Å². The van der Waals surface area contributed by atoms with Gasteiger partial charge in [0.05, 0.1) is 11.1 Å². The number of nitrogens with zero attached hydrogens (tertiary/aromatic N) is 3. The van der Waals surface area contributed by atoms with Crippen molar-refractivity contribution in [3.8, 4) is 0 Å². The molecule has 0 saturated carbocycles. The van der Waals surface area contributed by atoms with Crippen molar-refractivity contribution < 1.29 is 4.74 Å². The Morgan fingerprint density at radius 1 is 1.17 bits per heavy atom. The van der Waals surface area contributed by atoms with Gasteiger partial charge in [0.25, 0.3) is 0 Å². The van der Waals surface area contributed by atoms with Gasteiger partial charge in [0.2, 0.25) is 0 Å². The Labute approximate surface area is 108 Å². The molecule has 1 aromatic heterocycles. The molecule has 98 valence electrons. The molecule has 0 saturated heterocycles. The van der Waals surface area contributed by atoms with E-state index in [1.54, 1.807) is 0 Å². The summed E-state index contributed by atoms with van der Waals surface area (Å²) in [7, 11) is 0. The Hall–Kier alpha value is -1.42. The second kappa shape index (κ2) is 4.69. The third kappa shape index (κ3) is 2.70. The fourth-order valence-electron chi connectivity index (χ4n) is 1.91. The van der Waals surface area contributed by atoms with Gasteiger partial charge in [0.1, 0.15) is 5.52 Å². The van der Waals surface area contributed by atoms with Crippen molar-refractivity contribution in [3.05, 3.63) is 24.3 Å². The molecule has 4 nitrogen and oxygen atoms in total. The Balaban J connectivity index is 2.42. The van der Waals surface area contributed by atoms with Crippen molar-refractivity contribution in [1.29, 1.82) is 0 Å². The number of benzene rings is 1. The molecule has 1 aromatic carbocycles. The summed E-state index contributed by atoms with van der Waals surface area (Å²) in [5.74, 6) is 0.328. The van der Waals surface area contributed by atoms with Crippen molar-refractivity contribution in [2.75, 3.05) is 0 Å². The Kier molecular flexibility index (Phi) is 3.39. The maximum Gasteiger partial charge on any atom is 0.155 e. The molecule has 1 atom stereocenters. The molecular weight excluding hydrogens is 226 g/mol. The van der Waals surface area contributed by atoms with Gasteiger partial charge in [-0.2, -0.15) is 0 Å². The SMILES string of the molecule is CC(C)C(OC(C)(C)C)n1nnc2ccccc21. The lowest BCUT2D eigenvalue weighted by Crippen LogP contribution is -2.29. The summed E-state index contributed by atoms with van der Waals surface area (Å²) in [6.07, 6.45) is -0.0996. The Bertz CT molecular complexity index is 525. The summed E-state index contributed by atoms with van der Waals surface area (Å²) in [4.78, 5) is 0. The van der Waals surface area contributed by atoms with Crippen LogP contribution in [0.5, 0.6) is 0 Å². The molecule has 0 fully saturated rings. The summed E-state index contributed by atoms with van der Waals surface area (Å²) in [6, 6.07) is 7.96. The third-order valence-corrected chi connectivity index (χ3v) is 2.66. The predicted molar refractivity (Wildman–Crippen MR) is 72.2 cm³/mol. The first-order valence-corrected chi connectivity index (χ1v) is 6.36. The highest BCUT2D eigenvalue weighted by molar-refractivity contribution is 5.73. The molecule has 0 N–H and O–H groups in total. The van der Waals surface area contributed by atoms with Gasteiger partial charge in [-0.1, -0.05) is 31.2 Å². The van der Waals surface area contributed by atoms with Gasteiger partial charge in [-0.15, -0.1) is 5.10 Å². The Morgan fingerprint density at radius 2 is 1.83 bits per heavy atom. The van der Waals surface area contributed by atoms with E-state index in [0.717, 1.165) is 11.0 Å². The van der Waals surface area contributed by atoms with Crippen LogP contribution in [-0.2, 0) is 4.74 Å². The molecule has 2 rings (SSSR count). The van der Waals surface area contributed by atoms with Gasteiger partial charge in [0, 0.05) is 5.92 Å². The average Bonchev–Trinajstić information content (AvgIpc) is 2.68. The molecule has 1 heterocycles. The van der Waals surface area contributed by atoms with E-state index in [0.29, 0.717) is 5.92 Å². The van der Waals surface area contributed by atoms with E-state index < -0.39 is 0 Å². The minimum Gasteiger partial charge on any atom is -0.351 e. The smallest absolute Gasteiger partial charge is 0.155 e. The second-order valence-corrected chi connectivity index (χ2v) is 5.89. The number of para-hydroxylation sites is 1. The highest BCUT2D eigenvalue weighted by Crippen LogP contribution is 2.27. The van der Waals surface area contributed by atoms with Crippen LogP contribution in [0.2, 0.25) is 0 Å². The van der Waals surface area contributed by atoms with E-state index in [-0.39, 0.29) is 11.8 Å². The van der Waals surface area contributed by atoms with Crippen molar-refractivity contribution in [2.24, 2.45) is 5.92 Å². The first kappa shape index (κ1) is 13.0. The molecular formula is C14H21N3O. The fourth-order valence-corrected chi connectivity index (χ4v) is 1.91. The maximum absolute atomic E-state index is 6.11. The molecule has 0 aliphatic rings. The van der Waals surface area contributed by atoms with E-state index >= 15 is 0 Å². The fraction of sp³-hybridized carbons (Fsp3) is 0.571. The van der Waals surface area contributed by atoms with E-state index in [1.165, 1.54) is 0 Å². The summed E-state index contributed by atoms with van der Waals surface area (Å²) in [6.45, 7) is 10.4. The topological polar surface area (TPSA) is 39.9 Å². The standard InChI is InChI=1S/C14H21N3O/c1-10(2)13(18-14(3,4)5)17-12-9-7-6-8-11(12)15-16-17/h6-10,13H,1-5H3. The average molecular weight is 247 g/mol. The zero-order valence-electron chi connectivity index (χ0n) is 11.7. The van der Waals surface area contributed by atoms with Crippen molar-refractivity contribution in [3.63, 3.8) is 0 Å². The van der Waals surface area contributed by atoms with Crippen molar-refractivity contribution in [1.82, 2.24) is 15.0 Å². The van der Waals surface area contributed by atoms with Gasteiger partial charge in [-0.3, -0.25) is 0 Å². The summed E-state index contributed by atoms with van der Waals surface area (Å²) >= 11 is 0. The largest absolute Gasteiger partial charge is 0.351 e. The lowest BCUT2D eigenvalue weighted by molar-refractivity contribution is -0.121. The number of aromatic nitrogens is 3. The molecule has 0 amide bonds. The van der Waals surface area contributed by atoms with E-state index in [1.807, 2.05) is 28.9 Å². The Morgan fingerprint density at radius 3 is 2.44 bits per heavy atom. The van der Waals surface area contributed by atoms with Crippen molar-refractivity contribution in [2.45, 2.75) is 46.4 Å². The van der Waals surface area contributed by atoms with Crippen LogP contribution in [0.1, 0.15) is 40.8 Å². The highest BCUT2D eigenvalue weighted by atomic mass is 16.5. The van der Waals surface area contributed by atoms with Gasteiger partial charge < -0.3 is 4.74 Å². The van der Waals surface area contributed by atoms with Gasteiger partial charge >= 0.3 is 0 Å². The first-order valence-electron chi connectivity index (χ1n) is 6.36. The molecule has 0 bridgehead atoms. The minimum atomic E-state index is -0.206. The molecule has 4 heteroatoms. The zero-order chi connectivity index (χ0) is 13.3. The van der Waals surface area contributed by atoms with Crippen LogP contribution in [0.3, 0.4) is 0 Å². The lowest BCUT2D eigenvalue weighted by Gasteiger charge is -2.30. The summed E-state index contributed by atoms with van der Waals surface area (Å²) in [5, 5.41) is 8.43. The number of fused-ring (bicyclic) bond motifs is 1. The maximum atomic E-state index is 6.11. The molecule has 2 aromatic rings. The minimum absolute atomic E-state index is 0.0996. The normalized spacial score (nSPS) is 14.3. The predicted octanol–water partition coefficient (Wildman–Crippen LogP) is 3.40. The molecule has 1 unspecified atom stereocenters. The summed E-state index contributed by atoms with van der Waals surface area (Å²) < 4.78 is 7.99. The molecule has 0 radical (unpaired) electrons. The third-order valence-electron chi connectivity index (χ3n) is 2.66. The van der Waals surface area contributed by atoms with Crippen LogP contribution >= 0.6 is 0 Å². The number of hydrogen-bond acceptors (Lipinski definition) is 3. The zero-order valence-corrected chi connectivity index (χ0v) is 11.7. The van der Waals surface area contributed by atoms with Crippen LogP contribution < -0.4 is 0 Å². The number of ether oxygens (including phenoxy) is 1. The van der Waals surface area contributed by atoms with E-state index in [4.69, 9.17) is 4.74 Å². The quantitative estimate of drug-likeness (QED) is 0.834. The van der Waals surface area contributed by atoms with Gasteiger partial charge in [0.15, 0.2) is 6.23 Å². The van der Waals surface area contributed by atoms with E-state index in [9.17, 15) is 0 Å². The number of hydrogen-bond donors (Lipinski definition) is 0. The van der Waals surface area contributed by atoms with Crippen LogP contribution in [0.25, 0.3) is 11.0 Å². The lowest BCUT2D eigenvalue weighted by atomic mass is 10.1. The second-order valence-electron chi connectivity index (χ2n) is 5.89. The number of rotatable bonds is 3. The van der Waals surface area contributed by atoms with Crippen LogP contribution in [0, 0.1) is 5.92 Å². The van der Waals surface area contributed by atoms with Crippen LogP contribution in [0.4, 0.5) is 0 Å². The molecule has 18 heavy (non-hydrogen) atoms. The van der Waals surface area contributed by atoms with Crippen LogP contribution in [0.15, 0.2) is 24.3 Å². The van der Waals surface area contributed by atoms with E-state index in [2.05, 4.69) is 44.9 Å². The summed E-state index contributed by atoms with van der Waals surface area (Å²) in [5.41, 5.74) is 1.71. The molecule has 0 spiro atoms.